The van der Waals surface area contributed by atoms with E-state index in [1.807, 2.05) is 30.3 Å². The minimum atomic E-state index is 0.234. The van der Waals surface area contributed by atoms with Gasteiger partial charge in [0.05, 0.1) is 12.7 Å². The van der Waals surface area contributed by atoms with Gasteiger partial charge in [0.2, 0.25) is 5.16 Å². The molecule has 0 amide bonds. The number of nitrogens with one attached hydrogen (secondary N) is 1. The van der Waals surface area contributed by atoms with Crippen molar-refractivity contribution in [2.45, 2.75) is 17.7 Å². The molecule has 5 nitrogen and oxygen atoms in total. The van der Waals surface area contributed by atoms with Crippen LogP contribution in [0, 0.1) is 0 Å². The smallest absolute Gasteiger partial charge is 0.208 e. The van der Waals surface area contributed by atoms with Crippen LogP contribution in [0.1, 0.15) is 6.42 Å². The topological polar surface area (TPSA) is 60.0 Å². The normalized spacial score (nSPS) is 19.5. The number of H-pyrrole nitrogens is 1. The first kappa shape index (κ1) is 12.7. The number of aromatic amines is 1. The average molecular weight is 277 g/mol. The molecule has 3 rings (SSSR count). The Balaban J connectivity index is 1.59. The lowest BCUT2D eigenvalue weighted by atomic mass is 10.2. The number of ether oxygens (including phenoxy) is 2. The Hall–Kier alpha value is -1.37. The SMILES string of the molecule is c1ccc(-c2nc(SC[C@H]3CCOCO3)n[nH]2)cc1. The molecule has 0 bridgehead atoms. The molecule has 6 heteroatoms. The summed E-state index contributed by atoms with van der Waals surface area (Å²) in [5.74, 6) is 1.66. The van der Waals surface area contributed by atoms with E-state index in [4.69, 9.17) is 9.47 Å². The van der Waals surface area contributed by atoms with Gasteiger partial charge in [-0.2, -0.15) is 0 Å². The number of nitrogens with zero attached hydrogens (tertiary/aromatic N) is 2. The first-order valence-electron chi connectivity index (χ1n) is 6.22. The molecule has 0 radical (unpaired) electrons. The zero-order chi connectivity index (χ0) is 12.9. The molecule has 1 aromatic carbocycles. The molecule has 1 atom stereocenters. The molecule has 0 unspecified atom stereocenters. The second-order valence-corrected chi connectivity index (χ2v) is 5.23. The predicted octanol–water partition coefficient (Wildman–Crippen LogP) is 2.33. The molecular formula is C13H15N3O2S. The fourth-order valence-electron chi connectivity index (χ4n) is 1.84. The highest BCUT2D eigenvalue weighted by Crippen LogP contribution is 2.21. The van der Waals surface area contributed by atoms with Crippen molar-refractivity contribution in [1.29, 1.82) is 0 Å². The highest BCUT2D eigenvalue weighted by Gasteiger charge is 2.15. The molecule has 1 saturated heterocycles. The first-order valence-corrected chi connectivity index (χ1v) is 7.20. The third-order valence-corrected chi connectivity index (χ3v) is 3.86. The van der Waals surface area contributed by atoms with Crippen LogP contribution < -0.4 is 0 Å². The number of benzene rings is 1. The van der Waals surface area contributed by atoms with Crippen LogP contribution in [-0.4, -0.2) is 40.4 Å². The summed E-state index contributed by atoms with van der Waals surface area (Å²) in [5.41, 5.74) is 1.05. The van der Waals surface area contributed by atoms with E-state index in [9.17, 15) is 0 Å². The van der Waals surface area contributed by atoms with Crippen LogP contribution in [0.15, 0.2) is 35.5 Å². The minimum absolute atomic E-state index is 0.234. The van der Waals surface area contributed by atoms with E-state index in [1.54, 1.807) is 11.8 Å². The quantitative estimate of drug-likeness (QED) is 0.869. The van der Waals surface area contributed by atoms with Crippen molar-refractivity contribution in [1.82, 2.24) is 15.2 Å². The number of rotatable bonds is 4. The minimum Gasteiger partial charge on any atom is -0.355 e. The standard InChI is InChI=1S/C13H15N3O2S/c1-2-4-10(5-3-1)12-14-13(16-15-12)19-8-11-6-7-17-9-18-11/h1-5,11H,6-9H2,(H,14,15,16)/t11-/m1/s1. The highest BCUT2D eigenvalue weighted by molar-refractivity contribution is 7.99. The maximum absolute atomic E-state index is 5.48. The maximum Gasteiger partial charge on any atom is 0.208 e. The van der Waals surface area contributed by atoms with Gasteiger partial charge < -0.3 is 9.47 Å². The predicted molar refractivity (Wildman–Crippen MR) is 72.9 cm³/mol. The Bertz CT molecular complexity index is 512. The molecule has 0 aliphatic carbocycles. The van der Waals surface area contributed by atoms with Crippen LogP contribution in [0.5, 0.6) is 0 Å². The van der Waals surface area contributed by atoms with Crippen LogP contribution in [0.2, 0.25) is 0 Å². The Morgan fingerprint density at radius 1 is 1.32 bits per heavy atom. The van der Waals surface area contributed by atoms with E-state index in [-0.39, 0.29) is 6.10 Å². The Kier molecular flexibility index (Phi) is 4.12. The van der Waals surface area contributed by atoms with E-state index in [0.717, 1.165) is 35.3 Å². The lowest BCUT2D eigenvalue weighted by Crippen LogP contribution is -2.25. The largest absolute Gasteiger partial charge is 0.355 e. The van der Waals surface area contributed by atoms with Gasteiger partial charge in [0, 0.05) is 11.3 Å². The van der Waals surface area contributed by atoms with Crippen molar-refractivity contribution in [3.63, 3.8) is 0 Å². The maximum atomic E-state index is 5.48. The van der Waals surface area contributed by atoms with Gasteiger partial charge in [-0.15, -0.1) is 5.10 Å². The molecule has 1 aliphatic heterocycles. The molecule has 2 aromatic rings. The van der Waals surface area contributed by atoms with Gasteiger partial charge in [0.25, 0.3) is 0 Å². The number of hydrogen-bond donors (Lipinski definition) is 1. The van der Waals surface area contributed by atoms with E-state index in [0.29, 0.717) is 6.79 Å². The molecular weight excluding hydrogens is 262 g/mol. The van der Waals surface area contributed by atoms with Crippen LogP contribution in [0.25, 0.3) is 11.4 Å². The third kappa shape index (κ3) is 3.34. The van der Waals surface area contributed by atoms with Gasteiger partial charge in [-0.3, -0.25) is 5.10 Å². The summed E-state index contributed by atoms with van der Waals surface area (Å²) >= 11 is 1.61. The number of hydrogen-bond acceptors (Lipinski definition) is 5. The van der Waals surface area contributed by atoms with Crippen LogP contribution in [-0.2, 0) is 9.47 Å². The molecule has 1 N–H and O–H groups in total. The molecule has 0 spiro atoms. The molecule has 0 saturated carbocycles. The molecule has 100 valence electrons. The van der Waals surface area contributed by atoms with Crippen molar-refractivity contribution in [3.05, 3.63) is 30.3 Å². The summed E-state index contributed by atoms with van der Waals surface area (Å²) in [6.07, 6.45) is 1.17. The second kappa shape index (κ2) is 6.18. The third-order valence-electron chi connectivity index (χ3n) is 2.88. The molecule has 19 heavy (non-hydrogen) atoms. The van der Waals surface area contributed by atoms with Crippen molar-refractivity contribution >= 4 is 11.8 Å². The van der Waals surface area contributed by atoms with E-state index in [2.05, 4.69) is 15.2 Å². The fraction of sp³-hybridized carbons (Fsp3) is 0.385. The molecule has 1 fully saturated rings. The lowest BCUT2D eigenvalue weighted by Gasteiger charge is -2.21. The van der Waals surface area contributed by atoms with Crippen LogP contribution in [0.4, 0.5) is 0 Å². The van der Waals surface area contributed by atoms with Gasteiger partial charge in [0.15, 0.2) is 5.82 Å². The number of aromatic nitrogens is 3. The molecule has 1 aliphatic rings. The summed E-state index contributed by atoms with van der Waals surface area (Å²) in [7, 11) is 0. The van der Waals surface area contributed by atoms with Crippen molar-refractivity contribution in [2.75, 3.05) is 19.2 Å². The van der Waals surface area contributed by atoms with Crippen molar-refractivity contribution in [3.8, 4) is 11.4 Å². The Labute approximate surface area is 115 Å². The van der Waals surface area contributed by atoms with Crippen LogP contribution in [0.3, 0.4) is 0 Å². The van der Waals surface area contributed by atoms with Crippen molar-refractivity contribution in [2.24, 2.45) is 0 Å². The van der Waals surface area contributed by atoms with Gasteiger partial charge in [0.1, 0.15) is 6.79 Å². The van der Waals surface area contributed by atoms with Crippen molar-refractivity contribution < 1.29 is 9.47 Å². The Morgan fingerprint density at radius 3 is 3.00 bits per heavy atom. The van der Waals surface area contributed by atoms with E-state index < -0.39 is 0 Å². The van der Waals surface area contributed by atoms with E-state index >= 15 is 0 Å². The summed E-state index contributed by atoms with van der Waals surface area (Å²) in [6.45, 7) is 1.17. The van der Waals surface area contributed by atoms with E-state index in [1.165, 1.54) is 0 Å². The lowest BCUT2D eigenvalue weighted by molar-refractivity contribution is -0.130. The van der Waals surface area contributed by atoms with Gasteiger partial charge in [-0.25, -0.2) is 4.98 Å². The first-order chi connectivity index (χ1) is 9.42. The summed E-state index contributed by atoms with van der Waals surface area (Å²) < 4.78 is 10.6. The Morgan fingerprint density at radius 2 is 2.21 bits per heavy atom. The van der Waals surface area contributed by atoms with Gasteiger partial charge in [-0.1, -0.05) is 42.1 Å². The second-order valence-electron chi connectivity index (χ2n) is 4.25. The average Bonchev–Trinajstić information content (AvgIpc) is 2.96. The number of thioether (sulfide) groups is 1. The summed E-state index contributed by atoms with van der Waals surface area (Å²) in [6, 6.07) is 9.98. The fourth-order valence-corrected chi connectivity index (χ4v) is 2.70. The van der Waals surface area contributed by atoms with Crippen LogP contribution >= 0.6 is 11.8 Å². The summed E-state index contributed by atoms with van der Waals surface area (Å²) in [4.78, 5) is 4.47. The zero-order valence-electron chi connectivity index (χ0n) is 10.4. The molecule has 2 heterocycles. The highest BCUT2D eigenvalue weighted by atomic mass is 32.2. The van der Waals surface area contributed by atoms with Gasteiger partial charge in [-0.05, 0) is 6.42 Å². The monoisotopic (exact) mass is 277 g/mol. The molecule has 1 aromatic heterocycles. The van der Waals surface area contributed by atoms with Gasteiger partial charge >= 0.3 is 0 Å². The zero-order valence-corrected chi connectivity index (χ0v) is 11.2. The summed E-state index contributed by atoms with van der Waals surface area (Å²) in [5, 5.41) is 7.94.